The average Bonchev–Trinajstić information content (AvgIpc) is 3.31. The van der Waals surface area contributed by atoms with Gasteiger partial charge in [-0.15, -0.1) is 0 Å². The Bertz CT molecular complexity index is 796. The first-order valence-corrected chi connectivity index (χ1v) is 8.25. The number of amides is 1. The molecule has 0 aromatic carbocycles. The number of pyridine rings is 1. The minimum absolute atomic E-state index is 0.00688. The monoisotopic (exact) mass is 346 g/mol. The van der Waals surface area contributed by atoms with Crippen LogP contribution in [0.3, 0.4) is 0 Å². The Morgan fingerprint density at radius 1 is 1.48 bits per heavy atom. The van der Waals surface area contributed by atoms with Crippen molar-refractivity contribution in [3.8, 4) is 5.88 Å². The van der Waals surface area contributed by atoms with Crippen molar-refractivity contribution in [1.29, 1.82) is 0 Å². The number of rotatable bonds is 3. The second-order valence-electron chi connectivity index (χ2n) is 6.58. The quantitative estimate of drug-likeness (QED) is 0.840. The van der Waals surface area contributed by atoms with Gasteiger partial charge in [0.05, 0.1) is 18.8 Å². The van der Waals surface area contributed by atoms with E-state index in [9.17, 15) is 9.18 Å². The van der Waals surface area contributed by atoms with Gasteiger partial charge >= 0.3 is 0 Å². The molecule has 0 aliphatic carbocycles. The first-order chi connectivity index (χ1) is 12.0. The van der Waals surface area contributed by atoms with Gasteiger partial charge in [-0.25, -0.2) is 9.37 Å². The van der Waals surface area contributed by atoms with Crippen molar-refractivity contribution in [2.24, 2.45) is 7.05 Å². The first-order valence-electron chi connectivity index (χ1n) is 8.25. The van der Waals surface area contributed by atoms with Gasteiger partial charge in [-0.1, -0.05) is 0 Å². The van der Waals surface area contributed by atoms with E-state index in [0.717, 1.165) is 6.42 Å². The summed E-state index contributed by atoms with van der Waals surface area (Å²) >= 11 is 0. The third-order valence-electron chi connectivity index (χ3n) is 4.71. The lowest BCUT2D eigenvalue weighted by Crippen LogP contribution is -2.36. The molecule has 2 aromatic rings. The molecule has 0 N–H and O–H groups in total. The number of ether oxygens (including phenoxy) is 2. The summed E-state index contributed by atoms with van der Waals surface area (Å²) in [4.78, 5) is 18.2. The van der Waals surface area contributed by atoms with Gasteiger partial charge in [-0.05, 0) is 24.6 Å². The zero-order chi connectivity index (χ0) is 17.4. The Morgan fingerprint density at radius 3 is 3.12 bits per heavy atom. The predicted octanol–water partition coefficient (Wildman–Crippen LogP) is 1.41. The van der Waals surface area contributed by atoms with Crippen LogP contribution in [0.2, 0.25) is 0 Å². The molecule has 8 heteroatoms. The van der Waals surface area contributed by atoms with Crippen LogP contribution in [0.15, 0.2) is 30.6 Å². The summed E-state index contributed by atoms with van der Waals surface area (Å²) in [5.41, 5.74) is 0.00120. The lowest BCUT2D eigenvalue weighted by Gasteiger charge is -2.22. The third kappa shape index (κ3) is 3.09. The summed E-state index contributed by atoms with van der Waals surface area (Å²) in [5, 5.41) is 4.16. The number of hydrogen-bond donors (Lipinski definition) is 0. The number of aromatic nitrogens is 3. The molecule has 2 atom stereocenters. The number of aryl methyl sites for hydroxylation is 1. The molecule has 4 rings (SSSR count). The molecule has 2 aromatic heterocycles. The average molecular weight is 346 g/mol. The Morgan fingerprint density at radius 2 is 2.36 bits per heavy atom. The summed E-state index contributed by atoms with van der Waals surface area (Å²) in [7, 11) is 1.78. The highest BCUT2D eigenvalue weighted by Gasteiger charge is 2.48. The standard InChI is InChI=1S/C17H19FN4O3/c1-21-7-4-14(20-21)16(23)22-8-5-17(11-22)9-12(10-24-17)25-15-13(18)3-2-6-19-15/h2-4,6-7,12H,5,8-11H2,1H3/t12-,17-/m0/s1. The van der Waals surface area contributed by atoms with Gasteiger partial charge in [-0.3, -0.25) is 9.48 Å². The highest BCUT2D eigenvalue weighted by atomic mass is 19.1. The minimum atomic E-state index is -0.484. The fraction of sp³-hybridized carbons (Fsp3) is 0.471. The van der Waals surface area contributed by atoms with E-state index in [0.29, 0.717) is 31.8 Å². The normalized spacial score (nSPS) is 25.7. The van der Waals surface area contributed by atoms with E-state index >= 15 is 0 Å². The van der Waals surface area contributed by atoms with Crippen LogP contribution >= 0.6 is 0 Å². The number of nitrogens with zero attached hydrogens (tertiary/aromatic N) is 4. The number of hydrogen-bond acceptors (Lipinski definition) is 5. The van der Waals surface area contributed by atoms with E-state index in [1.165, 1.54) is 18.3 Å². The van der Waals surface area contributed by atoms with Crippen LogP contribution < -0.4 is 4.74 Å². The third-order valence-corrected chi connectivity index (χ3v) is 4.71. The molecular weight excluding hydrogens is 327 g/mol. The van der Waals surface area contributed by atoms with Gasteiger partial charge < -0.3 is 14.4 Å². The smallest absolute Gasteiger partial charge is 0.274 e. The highest BCUT2D eigenvalue weighted by molar-refractivity contribution is 5.92. The predicted molar refractivity (Wildman–Crippen MR) is 85.6 cm³/mol. The molecule has 132 valence electrons. The second kappa shape index (κ2) is 6.11. The van der Waals surface area contributed by atoms with E-state index in [-0.39, 0.29) is 17.9 Å². The molecular formula is C17H19FN4O3. The highest BCUT2D eigenvalue weighted by Crippen LogP contribution is 2.37. The summed E-state index contributed by atoms with van der Waals surface area (Å²) in [6.45, 7) is 1.47. The fourth-order valence-corrected chi connectivity index (χ4v) is 3.49. The van der Waals surface area contributed by atoms with Crippen LogP contribution in [0.4, 0.5) is 4.39 Å². The van der Waals surface area contributed by atoms with Crippen molar-refractivity contribution in [2.75, 3.05) is 19.7 Å². The van der Waals surface area contributed by atoms with Crippen molar-refractivity contribution in [3.63, 3.8) is 0 Å². The number of carbonyl (C=O) groups excluding carboxylic acids is 1. The Kier molecular flexibility index (Phi) is 3.91. The molecule has 0 saturated carbocycles. The molecule has 2 saturated heterocycles. The molecule has 2 fully saturated rings. The van der Waals surface area contributed by atoms with E-state index in [2.05, 4.69) is 10.1 Å². The molecule has 7 nitrogen and oxygen atoms in total. The van der Waals surface area contributed by atoms with Crippen LogP contribution in [0, 0.1) is 5.82 Å². The van der Waals surface area contributed by atoms with Crippen molar-refractivity contribution in [3.05, 3.63) is 42.1 Å². The van der Waals surface area contributed by atoms with Gasteiger partial charge in [0.1, 0.15) is 11.8 Å². The zero-order valence-electron chi connectivity index (χ0n) is 13.9. The summed E-state index contributed by atoms with van der Waals surface area (Å²) in [6, 6.07) is 4.54. The van der Waals surface area contributed by atoms with Crippen molar-refractivity contribution in [2.45, 2.75) is 24.5 Å². The van der Waals surface area contributed by atoms with Crippen LogP contribution in [0.5, 0.6) is 5.88 Å². The molecule has 2 aliphatic rings. The first kappa shape index (κ1) is 16.0. The maximum Gasteiger partial charge on any atom is 0.274 e. The largest absolute Gasteiger partial charge is 0.470 e. The fourth-order valence-electron chi connectivity index (χ4n) is 3.49. The number of likely N-dealkylation sites (tertiary alicyclic amines) is 1. The van der Waals surface area contributed by atoms with Gasteiger partial charge in [-0.2, -0.15) is 5.10 Å². The lowest BCUT2D eigenvalue weighted by atomic mass is 9.98. The Hall–Kier alpha value is -2.48. The molecule has 2 aliphatic heterocycles. The molecule has 0 unspecified atom stereocenters. The van der Waals surface area contributed by atoms with Crippen LogP contribution in [-0.2, 0) is 11.8 Å². The number of carbonyl (C=O) groups is 1. The van der Waals surface area contributed by atoms with Crippen molar-refractivity contribution in [1.82, 2.24) is 19.7 Å². The maximum atomic E-state index is 13.7. The van der Waals surface area contributed by atoms with Crippen molar-refractivity contribution < 1.29 is 18.7 Å². The molecule has 1 amide bonds. The molecule has 25 heavy (non-hydrogen) atoms. The summed E-state index contributed by atoms with van der Waals surface area (Å²) in [6.07, 6.45) is 4.31. The van der Waals surface area contributed by atoms with Crippen LogP contribution in [0.1, 0.15) is 23.3 Å². The van der Waals surface area contributed by atoms with Gasteiger partial charge in [0.15, 0.2) is 5.82 Å². The van der Waals surface area contributed by atoms with E-state index in [4.69, 9.17) is 9.47 Å². The van der Waals surface area contributed by atoms with E-state index in [1.54, 1.807) is 28.9 Å². The zero-order valence-corrected chi connectivity index (χ0v) is 13.9. The maximum absolute atomic E-state index is 13.7. The Balaban J connectivity index is 1.40. The molecule has 1 spiro atoms. The van der Waals surface area contributed by atoms with Crippen molar-refractivity contribution >= 4 is 5.91 Å². The van der Waals surface area contributed by atoms with Gasteiger partial charge in [0.25, 0.3) is 11.8 Å². The van der Waals surface area contributed by atoms with Gasteiger partial charge in [0, 0.05) is 32.4 Å². The summed E-state index contributed by atoms with van der Waals surface area (Å²) in [5.74, 6) is -0.587. The van der Waals surface area contributed by atoms with Gasteiger partial charge in [0.2, 0.25) is 0 Å². The summed E-state index contributed by atoms with van der Waals surface area (Å²) < 4.78 is 26.9. The SMILES string of the molecule is Cn1ccc(C(=O)N2CC[C@]3(C[C@H](Oc4ncccc4F)CO3)C2)n1. The molecule has 0 bridgehead atoms. The van der Waals surface area contributed by atoms with E-state index in [1.807, 2.05) is 0 Å². The lowest BCUT2D eigenvalue weighted by molar-refractivity contribution is 0.00970. The van der Waals surface area contributed by atoms with Crippen LogP contribution in [-0.4, -0.2) is 57.0 Å². The second-order valence-corrected chi connectivity index (χ2v) is 6.58. The minimum Gasteiger partial charge on any atom is -0.470 e. The van der Waals surface area contributed by atoms with E-state index < -0.39 is 11.4 Å². The molecule has 0 radical (unpaired) electrons. The Labute approximate surface area is 144 Å². The molecule has 4 heterocycles. The van der Waals surface area contributed by atoms with Crippen LogP contribution in [0.25, 0.3) is 0 Å². The number of halogens is 1. The topological polar surface area (TPSA) is 69.5 Å².